The molecular formula is C19H18F2N2O2. The van der Waals surface area contributed by atoms with E-state index in [0.29, 0.717) is 17.8 Å². The zero-order chi connectivity index (χ0) is 18.2. The fraction of sp³-hybridized carbons (Fsp3) is 0.158. The summed E-state index contributed by atoms with van der Waals surface area (Å²) >= 11 is 0. The highest BCUT2D eigenvalue weighted by Gasteiger charge is 2.08. The predicted molar refractivity (Wildman–Crippen MR) is 93.1 cm³/mol. The number of amides is 2. The van der Waals surface area contributed by atoms with E-state index in [4.69, 9.17) is 0 Å². The van der Waals surface area contributed by atoms with E-state index in [1.54, 1.807) is 18.2 Å². The fourth-order valence-corrected chi connectivity index (χ4v) is 2.09. The van der Waals surface area contributed by atoms with Crippen LogP contribution < -0.4 is 10.6 Å². The molecule has 0 aromatic heterocycles. The molecule has 6 heteroatoms. The Hall–Kier alpha value is -3.02. The van der Waals surface area contributed by atoms with Crippen LogP contribution in [0.1, 0.15) is 29.3 Å². The lowest BCUT2D eigenvalue weighted by Gasteiger charge is -2.06. The highest BCUT2D eigenvalue weighted by molar-refractivity contribution is 6.03. The highest BCUT2D eigenvalue weighted by atomic mass is 19.1. The Morgan fingerprint density at radius 1 is 1.08 bits per heavy atom. The molecule has 0 atom stereocenters. The second-order valence-electron chi connectivity index (χ2n) is 5.29. The maximum atomic E-state index is 13.5. The van der Waals surface area contributed by atoms with Gasteiger partial charge in [0, 0.05) is 29.4 Å². The van der Waals surface area contributed by atoms with Crippen LogP contribution in [0.3, 0.4) is 0 Å². The molecule has 0 fully saturated rings. The molecule has 0 aliphatic heterocycles. The van der Waals surface area contributed by atoms with Gasteiger partial charge in [-0.15, -0.1) is 0 Å². The first kappa shape index (κ1) is 18.3. The minimum atomic E-state index is -0.751. The Balaban J connectivity index is 2.05. The minimum Gasteiger partial charge on any atom is -0.352 e. The largest absolute Gasteiger partial charge is 0.352 e. The lowest BCUT2D eigenvalue weighted by Crippen LogP contribution is -2.24. The quantitative estimate of drug-likeness (QED) is 0.784. The van der Waals surface area contributed by atoms with E-state index in [-0.39, 0.29) is 11.5 Å². The van der Waals surface area contributed by atoms with Crippen LogP contribution in [0.4, 0.5) is 14.5 Å². The third-order valence-corrected chi connectivity index (χ3v) is 3.33. The van der Waals surface area contributed by atoms with Crippen molar-refractivity contribution in [3.63, 3.8) is 0 Å². The molecule has 4 nitrogen and oxygen atoms in total. The van der Waals surface area contributed by atoms with Gasteiger partial charge in [0.2, 0.25) is 5.91 Å². The molecule has 2 aromatic carbocycles. The lowest BCUT2D eigenvalue weighted by molar-refractivity contribution is -0.111. The number of rotatable bonds is 6. The topological polar surface area (TPSA) is 58.2 Å². The van der Waals surface area contributed by atoms with E-state index in [0.717, 1.165) is 30.7 Å². The van der Waals surface area contributed by atoms with Gasteiger partial charge in [0.25, 0.3) is 5.91 Å². The first-order valence-electron chi connectivity index (χ1n) is 7.82. The van der Waals surface area contributed by atoms with Crippen molar-refractivity contribution in [2.75, 3.05) is 11.9 Å². The first-order chi connectivity index (χ1) is 12.0. The van der Waals surface area contributed by atoms with Gasteiger partial charge in [0.05, 0.1) is 0 Å². The summed E-state index contributed by atoms with van der Waals surface area (Å²) in [6, 6.07) is 9.88. The van der Waals surface area contributed by atoms with E-state index < -0.39 is 17.5 Å². The van der Waals surface area contributed by atoms with Crippen molar-refractivity contribution in [2.45, 2.75) is 13.3 Å². The predicted octanol–water partition coefficient (Wildman–Crippen LogP) is 3.76. The average molecular weight is 344 g/mol. The summed E-state index contributed by atoms with van der Waals surface area (Å²) in [6.45, 7) is 2.51. The molecule has 0 aliphatic rings. The maximum Gasteiger partial charge on any atom is 0.251 e. The second-order valence-corrected chi connectivity index (χ2v) is 5.29. The molecule has 0 saturated heterocycles. The van der Waals surface area contributed by atoms with Gasteiger partial charge in [-0.05, 0) is 42.8 Å². The standard InChI is InChI=1S/C19H18F2N2O2/c1-2-11-22-19(25)13-5-3-6-14(12-13)23-18(24)10-9-15-16(20)7-4-8-17(15)21/h3-10,12H,2,11H2,1H3,(H,22,25)(H,23,24)/b10-9+. The molecule has 25 heavy (non-hydrogen) atoms. The maximum absolute atomic E-state index is 13.5. The van der Waals surface area contributed by atoms with E-state index in [1.807, 2.05) is 6.92 Å². The number of halogens is 2. The molecule has 0 aliphatic carbocycles. The minimum absolute atomic E-state index is 0.234. The van der Waals surface area contributed by atoms with Crippen LogP contribution in [-0.4, -0.2) is 18.4 Å². The third kappa shape index (κ3) is 5.24. The van der Waals surface area contributed by atoms with Gasteiger partial charge in [0.1, 0.15) is 11.6 Å². The van der Waals surface area contributed by atoms with Crippen molar-refractivity contribution >= 4 is 23.6 Å². The smallest absolute Gasteiger partial charge is 0.251 e. The monoisotopic (exact) mass is 344 g/mol. The van der Waals surface area contributed by atoms with Crippen molar-refractivity contribution in [3.8, 4) is 0 Å². The summed E-state index contributed by atoms with van der Waals surface area (Å²) in [5.41, 5.74) is 0.536. The van der Waals surface area contributed by atoms with Crippen LogP contribution in [0.25, 0.3) is 6.08 Å². The normalized spacial score (nSPS) is 10.7. The summed E-state index contributed by atoms with van der Waals surface area (Å²) in [7, 11) is 0. The number of anilines is 1. The molecule has 130 valence electrons. The summed E-state index contributed by atoms with van der Waals surface area (Å²) in [4.78, 5) is 23.8. The van der Waals surface area contributed by atoms with Crippen molar-refractivity contribution in [1.82, 2.24) is 5.32 Å². The van der Waals surface area contributed by atoms with Crippen LogP contribution >= 0.6 is 0 Å². The van der Waals surface area contributed by atoms with E-state index in [1.165, 1.54) is 12.1 Å². The fourth-order valence-electron chi connectivity index (χ4n) is 2.09. The van der Waals surface area contributed by atoms with Gasteiger partial charge in [-0.3, -0.25) is 9.59 Å². The summed E-state index contributed by atoms with van der Waals surface area (Å²) < 4.78 is 27.0. The zero-order valence-corrected chi connectivity index (χ0v) is 13.7. The Morgan fingerprint density at radius 2 is 1.76 bits per heavy atom. The Kier molecular flexibility index (Phi) is 6.39. The van der Waals surface area contributed by atoms with E-state index >= 15 is 0 Å². The van der Waals surface area contributed by atoms with E-state index in [2.05, 4.69) is 10.6 Å². The second kappa shape index (κ2) is 8.73. The summed E-state index contributed by atoms with van der Waals surface area (Å²) in [5.74, 6) is -2.30. The van der Waals surface area contributed by atoms with Gasteiger partial charge in [-0.1, -0.05) is 19.1 Å². The van der Waals surface area contributed by atoms with E-state index in [9.17, 15) is 18.4 Å². The number of nitrogens with one attached hydrogen (secondary N) is 2. The molecule has 0 heterocycles. The number of hydrogen-bond donors (Lipinski definition) is 2. The highest BCUT2D eigenvalue weighted by Crippen LogP contribution is 2.14. The van der Waals surface area contributed by atoms with Crippen molar-refractivity contribution in [2.24, 2.45) is 0 Å². The molecule has 0 unspecified atom stereocenters. The molecule has 0 bridgehead atoms. The van der Waals surface area contributed by atoms with Crippen molar-refractivity contribution in [3.05, 3.63) is 71.3 Å². The van der Waals surface area contributed by atoms with Crippen LogP contribution in [-0.2, 0) is 4.79 Å². The summed E-state index contributed by atoms with van der Waals surface area (Å²) in [6.07, 6.45) is 2.92. The summed E-state index contributed by atoms with van der Waals surface area (Å²) in [5, 5.41) is 5.29. The molecule has 2 N–H and O–H groups in total. The van der Waals surface area contributed by atoms with Crippen molar-refractivity contribution < 1.29 is 18.4 Å². The zero-order valence-electron chi connectivity index (χ0n) is 13.7. The SMILES string of the molecule is CCCNC(=O)c1cccc(NC(=O)/C=C/c2c(F)cccc2F)c1. The van der Waals surface area contributed by atoms with Gasteiger partial charge >= 0.3 is 0 Å². The Labute approximate surface area is 144 Å². The third-order valence-electron chi connectivity index (χ3n) is 3.33. The Bertz CT molecular complexity index is 784. The number of carbonyl (C=O) groups excluding carboxylic acids is 2. The Morgan fingerprint density at radius 3 is 2.44 bits per heavy atom. The van der Waals surface area contributed by atoms with Crippen LogP contribution in [0, 0.1) is 11.6 Å². The van der Waals surface area contributed by atoms with Gasteiger partial charge < -0.3 is 10.6 Å². The van der Waals surface area contributed by atoms with Crippen LogP contribution in [0.2, 0.25) is 0 Å². The number of carbonyl (C=O) groups is 2. The van der Waals surface area contributed by atoms with Gasteiger partial charge in [0.15, 0.2) is 0 Å². The molecule has 0 radical (unpaired) electrons. The average Bonchev–Trinajstić information content (AvgIpc) is 2.59. The molecule has 2 aromatic rings. The van der Waals surface area contributed by atoms with Gasteiger partial charge in [-0.25, -0.2) is 8.78 Å². The molecule has 2 amide bonds. The molecular weight excluding hydrogens is 326 g/mol. The lowest BCUT2D eigenvalue weighted by atomic mass is 10.1. The molecule has 2 rings (SSSR count). The van der Waals surface area contributed by atoms with Crippen LogP contribution in [0.15, 0.2) is 48.5 Å². The molecule has 0 saturated carbocycles. The van der Waals surface area contributed by atoms with Crippen molar-refractivity contribution in [1.29, 1.82) is 0 Å². The first-order valence-corrected chi connectivity index (χ1v) is 7.82. The molecule has 0 spiro atoms. The van der Waals surface area contributed by atoms with Gasteiger partial charge in [-0.2, -0.15) is 0 Å². The van der Waals surface area contributed by atoms with Crippen LogP contribution in [0.5, 0.6) is 0 Å². The number of hydrogen-bond acceptors (Lipinski definition) is 2. The number of benzene rings is 2.